The Morgan fingerprint density at radius 1 is 1.11 bits per heavy atom. The Morgan fingerprint density at radius 2 is 1.74 bits per heavy atom. The maximum atomic E-state index is 10.6. The molecule has 0 bridgehead atoms. The number of nitrogens with zero attached hydrogens (tertiary/aromatic N) is 1. The Hall–Kier alpha value is -3.72. The maximum absolute atomic E-state index is 10.6. The summed E-state index contributed by atoms with van der Waals surface area (Å²) in [6.45, 7) is 0. The van der Waals surface area contributed by atoms with E-state index < -0.39 is 22.9 Å². The van der Waals surface area contributed by atoms with Crippen molar-refractivity contribution in [3.05, 3.63) is 76.0 Å². The Labute approximate surface area is 153 Å². The molecule has 27 heavy (non-hydrogen) atoms. The van der Waals surface area contributed by atoms with Crippen LogP contribution in [0.4, 0.5) is 5.69 Å². The number of aromatic nitrogens is 1. The molecule has 1 heterocycles. The highest BCUT2D eigenvalue weighted by molar-refractivity contribution is 5.92. The number of aromatic amines is 1. The topological polar surface area (TPSA) is 160 Å². The number of hydrogen-bond acceptors (Lipinski definition) is 5. The van der Waals surface area contributed by atoms with E-state index in [1.807, 2.05) is 30.5 Å². The first-order chi connectivity index (χ1) is 12.8. The molecule has 0 saturated carbocycles. The molecule has 5 N–H and O–H groups in total. The number of nitro groups is 1. The number of carbonyl (C=O) groups is 2. The Balaban J connectivity index is 0.000000199. The summed E-state index contributed by atoms with van der Waals surface area (Å²) >= 11 is 0. The van der Waals surface area contributed by atoms with E-state index >= 15 is 0 Å². The molecule has 0 radical (unpaired) electrons. The molecule has 0 saturated heterocycles. The van der Waals surface area contributed by atoms with Crippen LogP contribution in [0.2, 0.25) is 0 Å². The SMILES string of the molecule is NC(Cc1c[nH]c2ccccc12)C(=O)O.O=C(O)c1ccccc1[N+](=O)[O-]. The van der Waals surface area contributed by atoms with Gasteiger partial charge in [0, 0.05) is 29.6 Å². The molecule has 1 atom stereocenters. The Kier molecular flexibility index (Phi) is 6.23. The number of fused-ring (bicyclic) bond motifs is 1. The predicted octanol–water partition coefficient (Wildman–Crippen LogP) is 2.42. The predicted molar refractivity (Wildman–Crippen MR) is 97.7 cm³/mol. The molecule has 0 aliphatic heterocycles. The van der Waals surface area contributed by atoms with E-state index in [9.17, 15) is 19.7 Å². The second kappa shape index (κ2) is 8.59. The van der Waals surface area contributed by atoms with Gasteiger partial charge in [0.2, 0.25) is 0 Å². The first kappa shape index (κ1) is 19.6. The summed E-state index contributed by atoms with van der Waals surface area (Å²) in [4.78, 5) is 33.7. The van der Waals surface area contributed by atoms with Crippen molar-refractivity contribution in [2.24, 2.45) is 5.73 Å². The highest BCUT2D eigenvalue weighted by Crippen LogP contribution is 2.18. The summed E-state index contributed by atoms with van der Waals surface area (Å²) in [5, 5.41) is 28.5. The van der Waals surface area contributed by atoms with E-state index in [4.69, 9.17) is 15.9 Å². The van der Waals surface area contributed by atoms with Gasteiger partial charge in [-0.2, -0.15) is 0 Å². The van der Waals surface area contributed by atoms with Crippen molar-refractivity contribution >= 4 is 28.5 Å². The minimum atomic E-state index is -1.29. The van der Waals surface area contributed by atoms with Crippen LogP contribution in [0.1, 0.15) is 15.9 Å². The number of aliphatic carboxylic acids is 1. The van der Waals surface area contributed by atoms with E-state index in [-0.39, 0.29) is 11.3 Å². The number of nitrogens with one attached hydrogen (secondary N) is 1. The third-order valence-corrected chi connectivity index (χ3v) is 3.76. The molecule has 9 heteroatoms. The molecule has 0 spiro atoms. The first-order valence-corrected chi connectivity index (χ1v) is 7.81. The fraction of sp³-hybridized carbons (Fsp3) is 0.111. The molecule has 0 amide bonds. The van der Waals surface area contributed by atoms with Crippen LogP contribution in [0.3, 0.4) is 0 Å². The van der Waals surface area contributed by atoms with Crippen molar-refractivity contribution in [2.75, 3.05) is 0 Å². The minimum absolute atomic E-state index is 0.289. The van der Waals surface area contributed by atoms with Crippen LogP contribution in [0, 0.1) is 10.1 Å². The lowest BCUT2D eigenvalue weighted by Gasteiger charge is -2.04. The molecular formula is C18H17N3O6. The number of rotatable bonds is 5. The molecule has 0 fully saturated rings. The van der Waals surface area contributed by atoms with E-state index in [0.717, 1.165) is 22.5 Å². The average Bonchev–Trinajstić information content (AvgIpc) is 3.05. The molecular weight excluding hydrogens is 354 g/mol. The molecule has 3 aromatic rings. The molecule has 2 aromatic carbocycles. The van der Waals surface area contributed by atoms with Crippen molar-refractivity contribution in [2.45, 2.75) is 12.5 Å². The summed E-state index contributed by atoms with van der Waals surface area (Å²) in [5.74, 6) is -2.26. The summed E-state index contributed by atoms with van der Waals surface area (Å²) in [5.41, 5.74) is 6.76. The number of carboxylic acid groups (broad SMARTS) is 2. The van der Waals surface area contributed by atoms with Gasteiger partial charge in [0.25, 0.3) is 5.69 Å². The van der Waals surface area contributed by atoms with E-state index in [1.54, 1.807) is 0 Å². The quantitative estimate of drug-likeness (QED) is 0.396. The highest BCUT2D eigenvalue weighted by Gasteiger charge is 2.17. The number of para-hydroxylation sites is 2. The number of carboxylic acids is 2. The summed E-state index contributed by atoms with van der Waals surface area (Å²) in [6, 6.07) is 12.1. The van der Waals surface area contributed by atoms with Crippen LogP contribution in [-0.2, 0) is 11.2 Å². The summed E-state index contributed by atoms with van der Waals surface area (Å²) < 4.78 is 0. The molecule has 0 aliphatic carbocycles. The molecule has 1 aromatic heterocycles. The number of hydrogen-bond donors (Lipinski definition) is 4. The van der Waals surface area contributed by atoms with Gasteiger partial charge in [0.05, 0.1) is 4.92 Å². The van der Waals surface area contributed by atoms with Gasteiger partial charge in [-0.15, -0.1) is 0 Å². The van der Waals surface area contributed by atoms with Gasteiger partial charge in [-0.1, -0.05) is 30.3 Å². The van der Waals surface area contributed by atoms with E-state index in [0.29, 0.717) is 6.42 Å². The number of H-pyrrole nitrogens is 1. The molecule has 0 aliphatic rings. The lowest BCUT2D eigenvalue weighted by atomic mass is 10.1. The average molecular weight is 371 g/mol. The van der Waals surface area contributed by atoms with Crippen molar-refractivity contribution in [1.82, 2.24) is 4.98 Å². The summed E-state index contributed by atoms with van der Waals surface area (Å²) in [6.07, 6.45) is 2.16. The van der Waals surface area contributed by atoms with Crippen LogP contribution in [0.5, 0.6) is 0 Å². The van der Waals surface area contributed by atoms with Crippen LogP contribution in [0.25, 0.3) is 10.9 Å². The van der Waals surface area contributed by atoms with Crippen molar-refractivity contribution in [3.63, 3.8) is 0 Å². The number of nitro benzene ring substituents is 1. The van der Waals surface area contributed by atoms with Gasteiger partial charge in [-0.25, -0.2) is 4.79 Å². The monoisotopic (exact) mass is 371 g/mol. The van der Waals surface area contributed by atoms with E-state index in [1.165, 1.54) is 18.2 Å². The number of nitrogens with two attached hydrogens (primary N) is 1. The molecule has 1 unspecified atom stereocenters. The second-order valence-corrected chi connectivity index (χ2v) is 5.59. The highest BCUT2D eigenvalue weighted by atomic mass is 16.6. The van der Waals surface area contributed by atoms with E-state index in [2.05, 4.69) is 4.98 Å². The fourth-order valence-corrected chi connectivity index (χ4v) is 2.44. The lowest BCUT2D eigenvalue weighted by molar-refractivity contribution is -0.385. The normalized spacial score (nSPS) is 11.3. The lowest BCUT2D eigenvalue weighted by Crippen LogP contribution is -2.32. The van der Waals surface area contributed by atoms with Crippen molar-refractivity contribution in [1.29, 1.82) is 0 Å². The third kappa shape index (κ3) is 4.89. The molecule has 9 nitrogen and oxygen atoms in total. The second-order valence-electron chi connectivity index (χ2n) is 5.59. The van der Waals surface area contributed by atoms with Gasteiger partial charge in [-0.05, 0) is 17.7 Å². The van der Waals surface area contributed by atoms with Gasteiger partial charge in [0.15, 0.2) is 0 Å². The standard InChI is InChI=1S/C11H12N2O2.C7H5NO4/c12-9(11(14)15)5-7-6-13-10-4-2-1-3-8(7)10;9-7(10)5-3-1-2-4-6(5)8(11)12/h1-4,6,9,13H,5,12H2,(H,14,15);1-4H,(H,9,10). The van der Waals surface area contributed by atoms with Gasteiger partial charge in [0.1, 0.15) is 11.6 Å². The van der Waals surface area contributed by atoms with Crippen LogP contribution in [0.15, 0.2) is 54.7 Å². The zero-order valence-electron chi connectivity index (χ0n) is 14.0. The van der Waals surface area contributed by atoms with Crippen LogP contribution in [-0.4, -0.2) is 38.1 Å². The molecule has 140 valence electrons. The van der Waals surface area contributed by atoms with Crippen molar-refractivity contribution < 1.29 is 24.7 Å². The van der Waals surface area contributed by atoms with Crippen LogP contribution < -0.4 is 5.73 Å². The summed E-state index contributed by atoms with van der Waals surface area (Å²) in [7, 11) is 0. The number of benzene rings is 2. The smallest absolute Gasteiger partial charge is 0.342 e. The minimum Gasteiger partial charge on any atom is -0.480 e. The van der Waals surface area contributed by atoms with Gasteiger partial charge in [-0.3, -0.25) is 14.9 Å². The zero-order chi connectivity index (χ0) is 20.0. The fourth-order valence-electron chi connectivity index (χ4n) is 2.44. The zero-order valence-corrected chi connectivity index (χ0v) is 14.0. The van der Waals surface area contributed by atoms with Crippen molar-refractivity contribution in [3.8, 4) is 0 Å². The number of aromatic carboxylic acids is 1. The molecule has 3 rings (SSSR count). The Morgan fingerprint density at radius 3 is 2.33 bits per heavy atom. The third-order valence-electron chi connectivity index (χ3n) is 3.76. The van der Waals surface area contributed by atoms with Gasteiger partial charge >= 0.3 is 11.9 Å². The first-order valence-electron chi connectivity index (χ1n) is 7.81. The van der Waals surface area contributed by atoms with Gasteiger partial charge < -0.3 is 20.9 Å². The maximum Gasteiger partial charge on any atom is 0.342 e. The largest absolute Gasteiger partial charge is 0.480 e. The Bertz CT molecular complexity index is 949. The van der Waals surface area contributed by atoms with Crippen LogP contribution >= 0.6 is 0 Å².